The smallest absolute Gasteiger partial charge is 0.148 e. The van der Waals surface area contributed by atoms with Gasteiger partial charge < -0.3 is 9.64 Å². The van der Waals surface area contributed by atoms with Crippen molar-refractivity contribution < 1.29 is 4.74 Å². The van der Waals surface area contributed by atoms with Crippen LogP contribution in [0.15, 0.2) is 36.5 Å². The molecule has 1 saturated heterocycles. The van der Waals surface area contributed by atoms with Crippen molar-refractivity contribution in [2.24, 2.45) is 0 Å². The van der Waals surface area contributed by atoms with Gasteiger partial charge in [0, 0.05) is 12.2 Å². The van der Waals surface area contributed by atoms with Crippen LogP contribution in [0.4, 0.5) is 0 Å². The summed E-state index contributed by atoms with van der Waals surface area (Å²) in [6.07, 6.45) is 5.10. The predicted octanol–water partition coefficient (Wildman–Crippen LogP) is 2.03. The average Bonchev–Trinajstić information content (AvgIpc) is 2.93. The zero-order valence-electron chi connectivity index (χ0n) is 8.57. The minimum atomic E-state index is 0.322. The van der Waals surface area contributed by atoms with E-state index < -0.39 is 0 Å². The van der Waals surface area contributed by atoms with Gasteiger partial charge in [0.1, 0.15) is 12.4 Å². The lowest BCUT2D eigenvalue weighted by molar-refractivity contribution is 0.370. The van der Waals surface area contributed by atoms with Gasteiger partial charge in [-0.15, -0.1) is 6.42 Å². The second kappa shape index (κ2) is 4.10. The van der Waals surface area contributed by atoms with E-state index in [1.54, 1.807) is 0 Å². The van der Waals surface area contributed by atoms with E-state index >= 15 is 0 Å². The topological polar surface area (TPSA) is 12.2 Å². The highest BCUT2D eigenvalue weighted by molar-refractivity contribution is 5.29. The van der Waals surface area contributed by atoms with Gasteiger partial charge in [0.25, 0.3) is 0 Å². The number of benzene rings is 1. The number of hydrogen-bond acceptors (Lipinski definition) is 2. The molecule has 0 spiro atoms. The second-order valence-electron chi connectivity index (χ2n) is 3.56. The average molecular weight is 199 g/mol. The summed E-state index contributed by atoms with van der Waals surface area (Å²) >= 11 is 0. The van der Waals surface area contributed by atoms with Crippen molar-refractivity contribution in [1.29, 1.82) is 0 Å². The molecule has 0 unspecified atom stereocenters. The molecular weight excluding hydrogens is 186 g/mol. The Labute approximate surface area is 90.2 Å². The fourth-order valence-electron chi connectivity index (χ4n) is 1.39. The van der Waals surface area contributed by atoms with Gasteiger partial charge in [-0.25, -0.2) is 0 Å². The number of hydrogen-bond donors (Lipinski definition) is 0. The van der Waals surface area contributed by atoms with Gasteiger partial charge in [-0.2, -0.15) is 0 Å². The first-order valence-corrected chi connectivity index (χ1v) is 4.87. The lowest BCUT2D eigenvalue weighted by Crippen LogP contribution is -1.97. The molecule has 1 aromatic carbocycles. The van der Waals surface area contributed by atoms with Crippen LogP contribution >= 0.6 is 0 Å². The second-order valence-corrected chi connectivity index (χ2v) is 3.56. The Hall–Kier alpha value is -1.88. The SMILES string of the molecule is C#CCOc1ccc(CN2CC2=C)cc1. The summed E-state index contributed by atoms with van der Waals surface area (Å²) in [5, 5.41) is 0. The minimum absolute atomic E-state index is 0.322. The maximum atomic E-state index is 5.28. The van der Waals surface area contributed by atoms with Crippen molar-refractivity contribution in [3.8, 4) is 18.1 Å². The number of ether oxygens (including phenoxy) is 1. The molecule has 0 aromatic heterocycles. The summed E-state index contributed by atoms with van der Waals surface area (Å²) < 4.78 is 5.28. The third kappa shape index (κ3) is 2.54. The number of nitrogens with zero attached hydrogens (tertiary/aromatic N) is 1. The van der Waals surface area contributed by atoms with Crippen LogP contribution < -0.4 is 4.74 Å². The van der Waals surface area contributed by atoms with Crippen LogP contribution in [-0.4, -0.2) is 18.1 Å². The fraction of sp³-hybridized carbons (Fsp3) is 0.231. The summed E-state index contributed by atoms with van der Waals surface area (Å²) in [5.41, 5.74) is 2.48. The molecule has 0 amide bonds. The third-order valence-electron chi connectivity index (χ3n) is 2.34. The molecule has 2 rings (SSSR count). The first kappa shape index (κ1) is 9.67. The van der Waals surface area contributed by atoms with Crippen LogP contribution in [0.25, 0.3) is 0 Å². The van der Waals surface area contributed by atoms with Gasteiger partial charge in [-0.1, -0.05) is 24.6 Å². The molecule has 15 heavy (non-hydrogen) atoms. The van der Waals surface area contributed by atoms with Crippen LogP contribution in [0.2, 0.25) is 0 Å². The molecule has 1 aliphatic rings. The third-order valence-corrected chi connectivity index (χ3v) is 2.34. The van der Waals surface area contributed by atoms with Gasteiger partial charge in [0.15, 0.2) is 0 Å². The molecule has 0 aliphatic carbocycles. The molecule has 0 bridgehead atoms. The maximum absolute atomic E-state index is 5.28. The Balaban J connectivity index is 1.92. The number of terminal acetylenes is 1. The lowest BCUT2D eigenvalue weighted by atomic mass is 10.2. The molecule has 76 valence electrons. The Morgan fingerprint density at radius 2 is 2.07 bits per heavy atom. The largest absolute Gasteiger partial charge is 0.481 e. The molecule has 0 saturated carbocycles. The van der Waals surface area contributed by atoms with Crippen molar-refractivity contribution in [3.63, 3.8) is 0 Å². The highest BCUT2D eigenvalue weighted by Gasteiger charge is 2.21. The van der Waals surface area contributed by atoms with Crippen LogP contribution in [0.3, 0.4) is 0 Å². The van der Waals surface area contributed by atoms with Crippen molar-refractivity contribution in [3.05, 3.63) is 42.1 Å². The molecule has 1 fully saturated rings. The van der Waals surface area contributed by atoms with Crippen LogP contribution in [0.1, 0.15) is 5.56 Å². The predicted molar refractivity (Wildman–Crippen MR) is 60.3 cm³/mol. The Morgan fingerprint density at radius 3 is 2.60 bits per heavy atom. The van der Waals surface area contributed by atoms with Crippen molar-refractivity contribution in [2.45, 2.75) is 6.54 Å². The fourth-order valence-corrected chi connectivity index (χ4v) is 1.39. The van der Waals surface area contributed by atoms with Crippen molar-refractivity contribution >= 4 is 0 Å². The molecule has 0 N–H and O–H groups in total. The molecule has 1 aliphatic heterocycles. The molecule has 1 heterocycles. The van der Waals surface area contributed by atoms with Crippen LogP contribution in [-0.2, 0) is 6.54 Å². The van der Waals surface area contributed by atoms with E-state index in [-0.39, 0.29) is 0 Å². The lowest BCUT2D eigenvalue weighted by Gasteiger charge is -2.05. The van der Waals surface area contributed by atoms with Crippen LogP contribution in [0, 0.1) is 12.3 Å². The van der Waals surface area contributed by atoms with E-state index in [4.69, 9.17) is 11.2 Å². The van der Waals surface area contributed by atoms with Gasteiger partial charge in [0.05, 0.1) is 6.54 Å². The van der Waals surface area contributed by atoms with E-state index in [2.05, 4.69) is 29.5 Å². The first-order valence-electron chi connectivity index (χ1n) is 4.87. The van der Waals surface area contributed by atoms with Crippen LogP contribution in [0.5, 0.6) is 5.75 Å². The van der Waals surface area contributed by atoms with E-state index in [9.17, 15) is 0 Å². The zero-order chi connectivity index (χ0) is 10.7. The Kier molecular flexibility index (Phi) is 2.64. The molecular formula is C13H13NO. The normalized spacial score (nSPS) is 13.5. The number of rotatable bonds is 4. The Morgan fingerprint density at radius 1 is 1.40 bits per heavy atom. The highest BCUT2D eigenvalue weighted by atomic mass is 16.5. The minimum Gasteiger partial charge on any atom is -0.481 e. The zero-order valence-corrected chi connectivity index (χ0v) is 8.57. The molecule has 2 heteroatoms. The van der Waals surface area contributed by atoms with Crippen molar-refractivity contribution in [2.75, 3.05) is 13.2 Å². The van der Waals surface area contributed by atoms with Gasteiger partial charge >= 0.3 is 0 Å². The standard InChI is InChI=1S/C13H13NO/c1-3-8-15-13-6-4-12(5-7-13)10-14-9-11(14)2/h1,4-7H,2,8-10H2. The summed E-state index contributed by atoms with van der Waals surface area (Å²) in [7, 11) is 0. The molecule has 1 aromatic rings. The monoisotopic (exact) mass is 199 g/mol. The summed E-state index contributed by atoms with van der Waals surface area (Å²) in [4.78, 5) is 2.22. The quantitative estimate of drug-likeness (QED) is 0.543. The highest BCUT2D eigenvalue weighted by Crippen LogP contribution is 2.23. The first-order chi connectivity index (χ1) is 7.29. The maximum Gasteiger partial charge on any atom is 0.148 e. The van der Waals surface area contributed by atoms with E-state index in [0.29, 0.717) is 6.61 Å². The Bertz CT molecular complexity index is 400. The van der Waals surface area contributed by atoms with Gasteiger partial charge in [0.2, 0.25) is 0 Å². The van der Waals surface area contributed by atoms with Gasteiger partial charge in [-0.05, 0) is 17.7 Å². The summed E-state index contributed by atoms with van der Waals surface area (Å²) in [6.45, 7) is 6.17. The summed E-state index contributed by atoms with van der Waals surface area (Å²) in [5.74, 6) is 3.26. The molecule has 2 nitrogen and oxygen atoms in total. The van der Waals surface area contributed by atoms with E-state index in [0.717, 1.165) is 18.8 Å². The molecule has 0 atom stereocenters. The van der Waals surface area contributed by atoms with E-state index in [1.165, 1.54) is 11.3 Å². The molecule has 0 radical (unpaired) electrons. The van der Waals surface area contributed by atoms with Crippen molar-refractivity contribution in [1.82, 2.24) is 4.90 Å². The summed E-state index contributed by atoms with van der Waals surface area (Å²) in [6, 6.07) is 7.99. The van der Waals surface area contributed by atoms with E-state index in [1.807, 2.05) is 12.1 Å². The van der Waals surface area contributed by atoms with Gasteiger partial charge in [-0.3, -0.25) is 0 Å².